The van der Waals surface area contributed by atoms with Gasteiger partial charge in [0.05, 0.1) is 0 Å². The Balaban J connectivity index is 0.00000187. The largest absolute Gasteiger partial charge is 4.00 e. The summed E-state index contributed by atoms with van der Waals surface area (Å²) in [7, 11) is 0. The van der Waals surface area contributed by atoms with Crippen molar-refractivity contribution in [2.45, 2.75) is 59.8 Å². The summed E-state index contributed by atoms with van der Waals surface area (Å²) in [5.74, 6) is 8.25. The first-order valence-corrected chi connectivity index (χ1v) is 13.6. The van der Waals surface area contributed by atoms with E-state index >= 15 is 0 Å². The van der Waals surface area contributed by atoms with Gasteiger partial charge in [0.1, 0.15) is 0 Å². The van der Waals surface area contributed by atoms with Crippen molar-refractivity contribution >= 4 is 0 Å². The number of allylic oxidation sites excluding steroid dienone is 9. The minimum atomic E-state index is -0.286. The second kappa shape index (κ2) is 13.8. The maximum atomic E-state index is 4.14. The summed E-state index contributed by atoms with van der Waals surface area (Å²) in [6.07, 6.45) is 27.4. The van der Waals surface area contributed by atoms with E-state index in [0.717, 1.165) is 12.8 Å². The molecule has 2 saturated carbocycles. The summed E-state index contributed by atoms with van der Waals surface area (Å²) in [5.41, 5.74) is 3.96. The molecule has 0 heterocycles. The van der Waals surface area contributed by atoms with Gasteiger partial charge in [0.2, 0.25) is 0 Å². The molecular weight excluding hydrogens is 607 g/mol. The third-order valence-corrected chi connectivity index (χ3v) is 8.17. The van der Waals surface area contributed by atoms with E-state index < -0.39 is 0 Å². The molecule has 1 unspecified atom stereocenters. The smallest absolute Gasteiger partial charge is 1.00 e. The van der Waals surface area contributed by atoms with E-state index in [1.54, 1.807) is 0 Å². The van der Waals surface area contributed by atoms with Gasteiger partial charge in [-0.3, -0.25) is 0 Å². The van der Waals surface area contributed by atoms with E-state index in [0.29, 0.717) is 0 Å². The summed E-state index contributed by atoms with van der Waals surface area (Å²) < 4.78 is 0. The molecule has 1 atom stereocenters. The quantitative estimate of drug-likeness (QED) is 0.417. The molecule has 0 saturated heterocycles. The number of hydrogen-bond donors (Lipinski definition) is 0. The Hall–Kier alpha value is -0.617. The Morgan fingerprint density at radius 1 is 0.675 bits per heavy atom. The molecule has 10 radical (unpaired) electrons. The Kier molecular flexibility index (Phi) is 12.3. The Bertz CT molecular complexity index is 1060. The molecule has 0 amide bonds. The zero-order valence-corrected chi connectivity index (χ0v) is 28.6. The molecule has 0 bridgehead atoms. The van der Waals surface area contributed by atoms with E-state index in [-0.39, 0.29) is 67.3 Å². The summed E-state index contributed by atoms with van der Waals surface area (Å²) >= 11 is 0. The van der Waals surface area contributed by atoms with Crippen LogP contribution < -0.4 is 24.8 Å². The topological polar surface area (TPSA) is 0 Å². The van der Waals surface area contributed by atoms with E-state index in [9.17, 15) is 0 Å². The SMILES string of the molecule is C=CCCC([C]1[CH][CH][CH][CH]1)([C]1[C]2C=C(C(C)(C)C)C=C[C]2[C]2C=CC(C(C)(C)C)=C[C]21)c1ccccc1.[Cl-].[Cl-].[Zr+4]. The summed E-state index contributed by atoms with van der Waals surface area (Å²) in [6.45, 7) is 18.0. The van der Waals surface area contributed by atoms with Gasteiger partial charge in [-0.25, -0.2) is 0 Å². The van der Waals surface area contributed by atoms with Crippen LogP contribution in [0.3, 0.4) is 0 Å². The average Bonchev–Trinajstić information content (AvgIpc) is 3.51. The van der Waals surface area contributed by atoms with Gasteiger partial charge in [-0.2, -0.15) is 0 Å². The van der Waals surface area contributed by atoms with Crippen molar-refractivity contribution in [2.75, 3.05) is 0 Å². The monoisotopic (exact) mass is 644 g/mol. The van der Waals surface area contributed by atoms with Crippen LogP contribution in [-0.2, 0) is 31.6 Å². The molecule has 4 aliphatic rings. The van der Waals surface area contributed by atoms with Gasteiger partial charge >= 0.3 is 26.2 Å². The third kappa shape index (κ3) is 6.48. The van der Waals surface area contributed by atoms with Crippen LogP contribution in [0.4, 0.5) is 0 Å². The third-order valence-electron chi connectivity index (χ3n) is 8.17. The number of hydrogen-bond acceptors (Lipinski definition) is 0. The van der Waals surface area contributed by atoms with Crippen LogP contribution in [0.2, 0.25) is 0 Å². The number of halogens is 2. The molecule has 0 N–H and O–H groups in total. The molecule has 1 aromatic carbocycles. The molecule has 0 nitrogen and oxygen atoms in total. The van der Waals surface area contributed by atoms with Gasteiger partial charge in [-0.15, -0.1) is 6.58 Å². The van der Waals surface area contributed by atoms with Crippen LogP contribution >= 0.6 is 0 Å². The van der Waals surface area contributed by atoms with Gasteiger partial charge < -0.3 is 24.8 Å². The number of fused-ring (bicyclic) bond motifs is 3. The molecule has 0 aliphatic heterocycles. The minimum absolute atomic E-state index is 0. The second-order valence-corrected chi connectivity index (χ2v) is 12.7. The Morgan fingerprint density at radius 3 is 1.57 bits per heavy atom. The molecule has 1 aromatic rings. The Morgan fingerprint density at radius 2 is 1.15 bits per heavy atom. The molecule has 4 aliphatic carbocycles. The van der Waals surface area contributed by atoms with Crippen LogP contribution in [0.1, 0.15) is 59.9 Å². The van der Waals surface area contributed by atoms with Crippen molar-refractivity contribution in [2.24, 2.45) is 10.8 Å². The fourth-order valence-corrected chi connectivity index (χ4v) is 6.08. The molecule has 5 rings (SSSR count). The fraction of sp³-hybridized carbons (Fsp3) is 0.297. The van der Waals surface area contributed by atoms with Crippen molar-refractivity contribution in [1.82, 2.24) is 0 Å². The maximum absolute atomic E-state index is 4.14. The van der Waals surface area contributed by atoms with Gasteiger partial charge in [0, 0.05) is 35.0 Å². The second-order valence-electron chi connectivity index (χ2n) is 12.7. The number of rotatable bonds is 6. The van der Waals surface area contributed by atoms with Crippen LogP contribution in [0, 0.1) is 72.0 Å². The van der Waals surface area contributed by atoms with Gasteiger partial charge in [-0.05, 0) is 72.0 Å². The van der Waals surface area contributed by atoms with Crippen molar-refractivity contribution < 1.29 is 51.0 Å². The van der Waals surface area contributed by atoms with E-state index in [1.807, 2.05) is 0 Å². The van der Waals surface area contributed by atoms with E-state index in [2.05, 4.69) is 147 Å². The normalized spacial score (nSPS) is 22.2. The van der Waals surface area contributed by atoms with Crippen LogP contribution in [-0.4, -0.2) is 0 Å². The predicted molar refractivity (Wildman–Crippen MR) is 158 cm³/mol. The Labute approximate surface area is 277 Å². The number of benzene rings is 1. The van der Waals surface area contributed by atoms with Crippen LogP contribution in [0.5, 0.6) is 0 Å². The molecule has 40 heavy (non-hydrogen) atoms. The van der Waals surface area contributed by atoms with Crippen molar-refractivity contribution in [1.29, 1.82) is 0 Å². The van der Waals surface area contributed by atoms with Crippen molar-refractivity contribution in [3.8, 4) is 0 Å². The molecule has 204 valence electrons. The predicted octanol–water partition coefficient (Wildman–Crippen LogP) is 3.27. The summed E-state index contributed by atoms with van der Waals surface area (Å²) in [6, 6.07) is 11.2. The van der Waals surface area contributed by atoms with Gasteiger partial charge in [0.15, 0.2) is 0 Å². The molecule has 3 heteroatoms. The molecule has 2 fully saturated rings. The molecule has 0 aromatic heterocycles. The van der Waals surface area contributed by atoms with Crippen LogP contribution in [0.15, 0.2) is 90.6 Å². The van der Waals surface area contributed by atoms with Crippen LogP contribution in [0.25, 0.3) is 0 Å². The van der Waals surface area contributed by atoms with Crippen molar-refractivity contribution in [3.63, 3.8) is 0 Å². The average molecular weight is 647 g/mol. The van der Waals surface area contributed by atoms with Gasteiger partial charge in [0.25, 0.3) is 0 Å². The first-order valence-electron chi connectivity index (χ1n) is 13.6. The van der Waals surface area contributed by atoms with Gasteiger partial charge in [-0.1, -0.05) is 114 Å². The minimum Gasteiger partial charge on any atom is -1.00 e. The standard InChI is InChI=1S/C37H40.2ClH.Zr/c1-8-9-23-37(27-17-13-14-18-27,26-15-11-10-12-16-26)34-32-24-28(35(2,3)4)19-21-30(32)31-22-20-29(25-33(31)34)36(5,6)7;;;/h8,10-22,24-25H,1,9,23H2,2-7H3;2*1H;/q;;;+4/p-2. The van der Waals surface area contributed by atoms with E-state index in [1.165, 1.54) is 52.2 Å². The van der Waals surface area contributed by atoms with E-state index in [4.69, 9.17) is 0 Å². The maximum Gasteiger partial charge on any atom is 4.00 e. The van der Waals surface area contributed by atoms with Crippen molar-refractivity contribution in [3.05, 3.63) is 157 Å². The molecule has 0 spiro atoms. The zero-order chi connectivity index (χ0) is 26.4. The zero-order valence-electron chi connectivity index (χ0n) is 24.6. The first kappa shape index (κ1) is 35.6. The fourth-order valence-electron chi connectivity index (χ4n) is 6.08. The summed E-state index contributed by atoms with van der Waals surface area (Å²) in [5, 5.41) is 0. The first-order chi connectivity index (χ1) is 17.6. The summed E-state index contributed by atoms with van der Waals surface area (Å²) in [4.78, 5) is 0. The molecular formula is C37H40Cl2Zr+2.